The number of allylic oxidation sites excluding steroid dienone is 2. The Labute approximate surface area is 212 Å². The van der Waals surface area contributed by atoms with Crippen LogP contribution in [0, 0.1) is 5.92 Å². The van der Waals surface area contributed by atoms with Crippen LogP contribution in [0.3, 0.4) is 0 Å². The van der Waals surface area contributed by atoms with Gasteiger partial charge in [0.2, 0.25) is 0 Å². The molecular formula is C29H36N4O3. The van der Waals surface area contributed by atoms with Gasteiger partial charge in [0, 0.05) is 25.2 Å². The second kappa shape index (κ2) is 10.6. The van der Waals surface area contributed by atoms with Crippen molar-refractivity contribution in [3.05, 3.63) is 64.1 Å². The largest absolute Gasteiger partial charge is 0.465 e. The quantitative estimate of drug-likeness (QED) is 0.213. The summed E-state index contributed by atoms with van der Waals surface area (Å²) in [5.74, 6) is 0.844. The summed E-state index contributed by atoms with van der Waals surface area (Å²) in [6.45, 7) is 12.6. The first-order valence-electron chi connectivity index (χ1n) is 12.7. The topological polar surface area (TPSA) is 71.1 Å². The van der Waals surface area contributed by atoms with E-state index in [0.717, 1.165) is 52.8 Å². The number of methoxy groups -OCH3 is 1. The lowest BCUT2D eigenvalue weighted by Crippen LogP contribution is -2.24. The maximum absolute atomic E-state index is 13.4. The number of imidazole rings is 2. The third kappa shape index (κ3) is 4.87. The number of esters is 1. The maximum atomic E-state index is 13.4. The van der Waals surface area contributed by atoms with Crippen LogP contribution in [0.5, 0.6) is 0 Å². The fourth-order valence-corrected chi connectivity index (χ4v) is 4.59. The smallest absolute Gasteiger partial charge is 0.337 e. The molecule has 2 aromatic heterocycles. The predicted molar refractivity (Wildman–Crippen MR) is 145 cm³/mol. The molecule has 0 spiro atoms. The van der Waals surface area contributed by atoms with Gasteiger partial charge in [-0.3, -0.25) is 9.13 Å². The van der Waals surface area contributed by atoms with Gasteiger partial charge in [-0.15, -0.1) is 0 Å². The number of rotatable bonds is 9. The van der Waals surface area contributed by atoms with Crippen molar-refractivity contribution in [1.29, 1.82) is 0 Å². The highest BCUT2D eigenvalue weighted by atomic mass is 16.5. The predicted octanol–water partition coefficient (Wildman–Crippen LogP) is 6.03. The number of fused-ring (bicyclic) bond motifs is 2. The first-order chi connectivity index (χ1) is 17.2. The van der Waals surface area contributed by atoms with E-state index in [1.54, 1.807) is 12.1 Å². The Morgan fingerprint density at radius 3 is 2.44 bits per heavy atom. The van der Waals surface area contributed by atoms with Crippen LogP contribution in [0.4, 0.5) is 0 Å². The Hall–Kier alpha value is -3.61. The summed E-state index contributed by atoms with van der Waals surface area (Å²) in [5.41, 5.74) is 6.18. The molecule has 0 aliphatic carbocycles. The summed E-state index contributed by atoms with van der Waals surface area (Å²) in [6, 6.07) is 11.7. The van der Waals surface area contributed by atoms with Crippen LogP contribution in [0.15, 0.2) is 52.8 Å². The third-order valence-electron chi connectivity index (χ3n) is 6.41. The molecule has 4 rings (SSSR count). The molecular weight excluding hydrogens is 452 g/mol. The summed E-state index contributed by atoms with van der Waals surface area (Å²) >= 11 is 0. The number of unbranched alkanes of at least 4 members (excludes halogenated alkanes) is 1. The lowest BCUT2D eigenvalue weighted by atomic mass is 10.1. The average molecular weight is 489 g/mol. The summed E-state index contributed by atoms with van der Waals surface area (Å²) in [6.07, 6.45) is 4.06. The van der Waals surface area contributed by atoms with E-state index in [0.29, 0.717) is 24.6 Å². The molecule has 0 saturated heterocycles. The fourth-order valence-electron chi connectivity index (χ4n) is 4.59. The van der Waals surface area contributed by atoms with Crippen molar-refractivity contribution in [1.82, 2.24) is 18.7 Å². The highest BCUT2D eigenvalue weighted by molar-refractivity contribution is 5.94. The van der Waals surface area contributed by atoms with Crippen molar-refractivity contribution >= 4 is 28.0 Å². The molecule has 4 aromatic rings. The molecule has 2 heterocycles. The summed E-state index contributed by atoms with van der Waals surface area (Å²) < 4.78 is 10.8. The van der Waals surface area contributed by atoms with Crippen molar-refractivity contribution in [2.24, 2.45) is 5.92 Å². The molecule has 0 aliphatic rings. The summed E-state index contributed by atoms with van der Waals surface area (Å²) in [5, 5.41) is 0. The van der Waals surface area contributed by atoms with Crippen LogP contribution in [0.2, 0.25) is 0 Å². The highest BCUT2D eigenvalue weighted by Gasteiger charge is 2.19. The number of aryl methyl sites for hydroxylation is 1. The lowest BCUT2D eigenvalue weighted by Gasteiger charge is -2.12. The van der Waals surface area contributed by atoms with Gasteiger partial charge in [0.15, 0.2) is 0 Å². The van der Waals surface area contributed by atoms with E-state index in [1.807, 2.05) is 35.1 Å². The van der Waals surface area contributed by atoms with E-state index in [1.165, 1.54) is 12.7 Å². The minimum atomic E-state index is -0.380. The first-order valence-corrected chi connectivity index (χ1v) is 12.7. The van der Waals surface area contributed by atoms with Gasteiger partial charge in [-0.1, -0.05) is 38.8 Å². The molecule has 0 atom stereocenters. The zero-order chi connectivity index (χ0) is 26.0. The Kier molecular flexibility index (Phi) is 7.48. The van der Waals surface area contributed by atoms with Crippen molar-refractivity contribution < 1.29 is 9.53 Å². The zero-order valence-electron chi connectivity index (χ0n) is 22.2. The van der Waals surface area contributed by atoms with Gasteiger partial charge < -0.3 is 9.30 Å². The van der Waals surface area contributed by atoms with Crippen LogP contribution >= 0.6 is 0 Å². The standard InChI is InChI=1S/C29H36N4O3/c1-7-8-14-31-25-12-9-21(17-26(25)32(29(31)35)15-13-19(2)3)27-30-23-16-22(28(34)36-6)10-11-24(23)33(27)18-20(4)5/h9-13,16-17,20H,7-8,14-15,18H2,1-6H3. The summed E-state index contributed by atoms with van der Waals surface area (Å²) in [4.78, 5) is 30.4. The van der Waals surface area contributed by atoms with Crippen LogP contribution in [0.25, 0.3) is 33.5 Å². The summed E-state index contributed by atoms with van der Waals surface area (Å²) in [7, 11) is 1.38. The van der Waals surface area contributed by atoms with E-state index >= 15 is 0 Å². The highest BCUT2D eigenvalue weighted by Crippen LogP contribution is 2.29. The zero-order valence-corrected chi connectivity index (χ0v) is 22.2. The maximum Gasteiger partial charge on any atom is 0.337 e. The molecule has 0 unspecified atom stereocenters. The number of hydrogen-bond acceptors (Lipinski definition) is 4. The third-order valence-corrected chi connectivity index (χ3v) is 6.41. The average Bonchev–Trinajstić information content (AvgIpc) is 3.33. The Morgan fingerprint density at radius 2 is 1.78 bits per heavy atom. The van der Waals surface area contributed by atoms with E-state index < -0.39 is 0 Å². The second-order valence-electron chi connectivity index (χ2n) is 10.0. The monoisotopic (exact) mass is 488 g/mol. The first kappa shape index (κ1) is 25.5. The second-order valence-corrected chi connectivity index (χ2v) is 10.0. The van der Waals surface area contributed by atoms with E-state index in [4.69, 9.17) is 9.72 Å². The number of carbonyl (C=O) groups excluding carboxylic acids is 1. The van der Waals surface area contributed by atoms with Gasteiger partial charge in [-0.05, 0) is 62.6 Å². The molecule has 0 N–H and O–H groups in total. The van der Waals surface area contributed by atoms with E-state index in [9.17, 15) is 9.59 Å². The molecule has 0 radical (unpaired) electrons. The van der Waals surface area contributed by atoms with Crippen LogP contribution in [0.1, 0.15) is 57.8 Å². The van der Waals surface area contributed by atoms with Gasteiger partial charge in [0.25, 0.3) is 0 Å². The molecule has 0 amide bonds. The van der Waals surface area contributed by atoms with Crippen molar-refractivity contribution in [3.8, 4) is 11.4 Å². The number of carbonyl (C=O) groups is 1. The van der Waals surface area contributed by atoms with Crippen molar-refractivity contribution in [3.63, 3.8) is 0 Å². The van der Waals surface area contributed by atoms with Crippen LogP contribution < -0.4 is 5.69 Å². The van der Waals surface area contributed by atoms with Crippen LogP contribution in [-0.4, -0.2) is 31.8 Å². The van der Waals surface area contributed by atoms with Gasteiger partial charge in [-0.25, -0.2) is 14.6 Å². The molecule has 2 aromatic carbocycles. The number of aromatic nitrogens is 4. The number of hydrogen-bond donors (Lipinski definition) is 0. The Morgan fingerprint density at radius 1 is 1.03 bits per heavy atom. The molecule has 0 bridgehead atoms. The SMILES string of the molecule is CCCCn1c(=O)n(CC=C(C)C)c2cc(-c3nc4cc(C(=O)OC)ccc4n3CC(C)C)ccc21. The fraction of sp³-hybridized carbons (Fsp3) is 0.414. The lowest BCUT2D eigenvalue weighted by molar-refractivity contribution is 0.0601. The Bertz CT molecular complexity index is 1500. The van der Waals surface area contributed by atoms with Gasteiger partial charge in [0.05, 0.1) is 34.7 Å². The number of benzene rings is 2. The molecule has 0 saturated carbocycles. The normalized spacial score (nSPS) is 11.5. The van der Waals surface area contributed by atoms with Gasteiger partial charge >= 0.3 is 11.7 Å². The molecule has 7 heteroatoms. The van der Waals surface area contributed by atoms with Crippen molar-refractivity contribution in [2.45, 2.75) is 67.1 Å². The molecule has 0 fully saturated rings. The Balaban J connectivity index is 1.93. The van der Waals surface area contributed by atoms with E-state index in [2.05, 4.69) is 43.5 Å². The minimum absolute atomic E-state index is 0.0199. The number of nitrogens with zero attached hydrogens (tertiary/aromatic N) is 4. The van der Waals surface area contributed by atoms with E-state index in [-0.39, 0.29) is 11.7 Å². The van der Waals surface area contributed by atoms with Crippen LogP contribution in [-0.2, 0) is 24.4 Å². The van der Waals surface area contributed by atoms with Crippen molar-refractivity contribution in [2.75, 3.05) is 7.11 Å². The number of ether oxygens (including phenoxy) is 1. The molecule has 7 nitrogen and oxygen atoms in total. The molecule has 36 heavy (non-hydrogen) atoms. The molecule has 190 valence electrons. The minimum Gasteiger partial charge on any atom is -0.465 e. The van der Waals surface area contributed by atoms with Gasteiger partial charge in [-0.2, -0.15) is 0 Å². The van der Waals surface area contributed by atoms with Gasteiger partial charge in [0.1, 0.15) is 5.82 Å². The molecule has 0 aliphatic heterocycles.